The van der Waals surface area contributed by atoms with Gasteiger partial charge in [0.15, 0.2) is 12.6 Å². The van der Waals surface area contributed by atoms with Crippen LogP contribution in [0.4, 0.5) is 0 Å². The fraction of sp³-hybridized carbons (Fsp3) is 0.636. The molecular formula is C22H36N4O2. The van der Waals surface area contributed by atoms with Gasteiger partial charge in [-0.2, -0.15) is 0 Å². The Hall–Kier alpha value is -2.24. The highest BCUT2D eigenvalue weighted by molar-refractivity contribution is 5.79. The number of nitrogens with one attached hydrogen (secondary N) is 3. The molecule has 1 fully saturated rings. The molecule has 0 unspecified atom stereocenters. The summed E-state index contributed by atoms with van der Waals surface area (Å²) in [5.74, 6) is 2.22. The van der Waals surface area contributed by atoms with E-state index in [0.717, 1.165) is 63.4 Å². The third-order valence-corrected chi connectivity index (χ3v) is 4.95. The van der Waals surface area contributed by atoms with Gasteiger partial charge in [-0.3, -0.25) is 9.79 Å². The first-order chi connectivity index (χ1) is 13.6. The summed E-state index contributed by atoms with van der Waals surface area (Å²) in [6, 6.07) is 8.31. The summed E-state index contributed by atoms with van der Waals surface area (Å²) in [5, 5.41) is 9.63. The second kappa shape index (κ2) is 12.3. The van der Waals surface area contributed by atoms with Crippen LogP contribution in [-0.2, 0) is 11.2 Å². The monoisotopic (exact) mass is 388 g/mol. The van der Waals surface area contributed by atoms with Crippen molar-refractivity contribution in [2.45, 2.75) is 58.9 Å². The predicted molar refractivity (Wildman–Crippen MR) is 115 cm³/mol. The molecule has 1 aliphatic carbocycles. The zero-order valence-electron chi connectivity index (χ0n) is 17.6. The second-order valence-electron chi connectivity index (χ2n) is 7.35. The minimum Gasteiger partial charge on any atom is -0.484 e. The number of hydrogen-bond donors (Lipinski definition) is 3. The van der Waals surface area contributed by atoms with Crippen molar-refractivity contribution in [3.8, 4) is 5.75 Å². The molecule has 0 bridgehead atoms. The van der Waals surface area contributed by atoms with E-state index in [-0.39, 0.29) is 12.5 Å². The Kier molecular flexibility index (Phi) is 9.66. The van der Waals surface area contributed by atoms with E-state index in [1.54, 1.807) is 0 Å². The Bertz CT molecular complexity index is 607. The molecule has 3 N–H and O–H groups in total. The van der Waals surface area contributed by atoms with Crippen molar-refractivity contribution in [3.63, 3.8) is 0 Å². The zero-order chi connectivity index (χ0) is 20.2. The lowest BCUT2D eigenvalue weighted by Crippen LogP contribution is -2.38. The Morgan fingerprint density at radius 1 is 1.14 bits per heavy atom. The maximum absolute atomic E-state index is 11.7. The number of hydrogen-bond acceptors (Lipinski definition) is 3. The van der Waals surface area contributed by atoms with E-state index < -0.39 is 0 Å². The molecule has 1 aromatic carbocycles. The number of benzene rings is 1. The van der Waals surface area contributed by atoms with Crippen LogP contribution >= 0.6 is 0 Å². The van der Waals surface area contributed by atoms with Crippen molar-refractivity contribution in [2.24, 2.45) is 10.9 Å². The van der Waals surface area contributed by atoms with Crippen LogP contribution in [0.5, 0.6) is 5.75 Å². The third-order valence-electron chi connectivity index (χ3n) is 4.95. The molecule has 1 aliphatic rings. The number of carbonyl (C=O) groups is 1. The fourth-order valence-electron chi connectivity index (χ4n) is 2.83. The summed E-state index contributed by atoms with van der Waals surface area (Å²) in [5.41, 5.74) is 1.22. The third kappa shape index (κ3) is 8.63. The number of nitrogens with zero attached hydrogens (tertiary/aromatic N) is 1. The van der Waals surface area contributed by atoms with Gasteiger partial charge in [-0.25, -0.2) is 0 Å². The Morgan fingerprint density at radius 3 is 2.46 bits per heavy atom. The van der Waals surface area contributed by atoms with E-state index in [2.05, 4.69) is 36.7 Å². The van der Waals surface area contributed by atoms with Crippen molar-refractivity contribution in [1.82, 2.24) is 16.0 Å². The Balaban J connectivity index is 1.71. The molecular weight excluding hydrogens is 352 g/mol. The number of aliphatic imine (C=N–C) groups is 1. The first-order valence-electron chi connectivity index (χ1n) is 10.7. The molecule has 1 amide bonds. The first kappa shape index (κ1) is 22.1. The van der Waals surface area contributed by atoms with E-state index in [9.17, 15) is 4.79 Å². The lowest BCUT2D eigenvalue weighted by Gasteiger charge is -2.14. The van der Waals surface area contributed by atoms with Crippen LogP contribution in [0.1, 0.15) is 52.0 Å². The maximum atomic E-state index is 11.7. The molecule has 0 spiro atoms. The van der Waals surface area contributed by atoms with Crippen molar-refractivity contribution in [1.29, 1.82) is 0 Å². The van der Waals surface area contributed by atoms with E-state index in [1.165, 1.54) is 5.56 Å². The van der Waals surface area contributed by atoms with Crippen LogP contribution in [0.15, 0.2) is 29.3 Å². The molecule has 6 nitrogen and oxygen atoms in total. The zero-order valence-corrected chi connectivity index (χ0v) is 17.6. The molecule has 156 valence electrons. The van der Waals surface area contributed by atoms with Crippen LogP contribution in [0.2, 0.25) is 0 Å². The van der Waals surface area contributed by atoms with E-state index in [1.807, 2.05) is 24.3 Å². The van der Waals surface area contributed by atoms with Gasteiger partial charge in [0.25, 0.3) is 5.91 Å². The molecule has 0 aliphatic heterocycles. The maximum Gasteiger partial charge on any atom is 0.258 e. The summed E-state index contributed by atoms with van der Waals surface area (Å²) >= 11 is 0. The summed E-state index contributed by atoms with van der Waals surface area (Å²) < 4.78 is 5.54. The van der Waals surface area contributed by atoms with Crippen LogP contribution in [0.3, 0.4) is 0 Å². The summed E-state index contributed by atoms with van der Waals surface area (Å²) in [4.78, 5) is 16.4. The summed E-state index contributed by atoms with van der Waals surface area (Å²) in [7, 11) is 0. The highest BCUT2D eigenvalue weighted by Crippen LogP contribution is 2.18. The molecule has 1 saturated carbocycles. The number of carbonyl (C=O) groups excluding carboxylic acids is 1. The number of guanidine groups is 1. The van der Waals surface area contributed by atoms with Gasteiger partial charge in [-0.15, -0.1) is 0 Å². The lowest BCUT2D eigenvalue weighted by atomic mass is 10.0. The van der Waals surface area contributed by atoms with E-state index >= 15 is 0 Å². The van der Waals surface area contributed by atoms with Gasteiger partial charge in [0.1, 0.15) is 5.75 Å². The molecule has 0 heterocycles. The predicted octanol–water partition coefficient (Wildman–Crippen LogP) is 2.88. The second-order valence-corrected chi connectivity index (χ2v) is 7.35. The topological polar surface area (TPSA) is 74.8 Å². The van der Waals surface area contributed by atoms with E-state index in [0.29, 0.717) is 12.0 Å². The standard InChI is InChI=1S/C22H36N4O2/c1-4-17(5-2)15-25-22(23-6-3)24-14-13-18-7-11-20(12-8-18)28-16-21(27)26-19-9-10-19/h7-8,11-12,17,19H,4-6,9-10,13-16H2,1-3H3,(H,26,27)(H2,23,24,25). The fourth-order valence-corrected chi connectivity index (χ4v) is 2.83. The smallest absolute Gasteiger partial charge is 0.258 e. The molecule has 1 aromatic rings. The van der Waals surface area contributed by atoms with E-state index in [4.69, 9.17) is 9.73 Å². The number of amides is 1. The molecule has 0 atom stereocenters. The van der Waals surface area contributed by atoms with Crippen LogP contribution in [0, 0.1) is 5.92 Å². The van der Waals surface area contributed by atoms with Gasteiger partial charge in [0.05, 0.1) is 0 Å². The van der Waals surface area contributed by atoms with Gasteiger partial charge in [-0.1, -0.05) is 38.8 Å². The summed E-state index contributed by atoms with van der Waals surface area (Å²) in [6.07, 6.45) is 5.41. The first-order valence-corrected chi connectivity index (χ1v) is 10.7. The highest BCUT2D eigenvalue weighted by atomic mass is 16.5. The van der Waals surface area contributed by atoms with Crippen LogP contribution < -0.4 is 20.7 Å². The van der Waals surface area contributed by atoms with Gasteiger partial charge in [0.2, 0.25) is 0 Å². The average molecular weight is 389 g/mol. The molecule has 2 rings (SSSR count). The SMILES string of the molecule is CCNC(=NCC(CC)CC)NCCc1ccc(OCC(=O)NC2CC2)cc1. The minimum absolute atomic E-state index is 0.0422. The van der Waals surface area contributed by atoms with Crippen molar-refractivity contribution >= 4 is 11.9 Å². The average Bonchev–Trinajstić information content (AvgIpc) is 3.52. The van der Waals surface area contributed by atoms with Gasteiger partial charge >= 0.3 is 0 Å². The molecule has 28 heavy (non-hydrogen) atoms. The Labute approximate surface area is 169 Å². The lowest BCUT2D eigenvalue weighted by molar-refractivity contribution is -0.123. The number of rotatable bonds is 12. The molecule has 0 radical (unpaired) electrons. The summed E-state index contributed by atoms with van der Waals surface area (Å²) in [6.45, 7) is 9.14. The quantitative estimate of drug-likeness (QED) is 0.380. The minimum atomic E-state index is -0.0422. The number of ether oxygens (including phenoxy) is 1. The molecule has 0 saturated heterocycles. The van der Waals surface area contributed by atoms with Crippen LogP contribution in [0.25, 0.3) is 0 Å². The highest BCUT2D eigenvalue weighted by Gasteiger charge is 2.23. The van der Waals surface area contributed by atoms with Gasteiger partial charge in [0, 0.05) is 25.7 Å². The van der Waals surface area contributed by atoms with Crippen LogP contribution in [-0.4, -0.2) is 44.1 Å². The Morgan fingerprint density at radius 2 is 1.86 bits per heavy atom. The van der Waals surface area contributed by atoms with Crippen molar-refractivity contribution in [3.05, 3.63) is 29.8 Å². The van der Waals surface area contributed by atoms with Gasteiger partial charge in [-0.05, 0) is 49.8 Å². The molecule has 0 aromatic heterocycles. The van der Waals surface area contributed by atoms with Gasteiger partial charge < -0.3 is 20.7 Å². The molecule has 6 heteroatoms. The normalized spacial score (nSPS) is 14.1. The largest absolute Gasteiger partial charge is 0.484 e. The van der Waals surface area contributed by atoms with Crippen molar-refractivity contribution in [2.75, 3.05) is 26.2 Å². The van der Waals surface area contributed by atoms with Crippen molar-refractivity contribution < 1.29 is 9.53 Å².